The molecule has 1 saturated heterocycles. The minimum absolute atomic E-state index is 0.223. The molecule has 0 aliphatic carbocycles. The van der Waals surface area contributed by atoms with E-state index in [0.29, 0.717) is 31.7 Å². The molecule has 0 spiro atoms. The molecule has 1 aromatic carbocycles. The molecule has 1 unspecified atom stereocenters. The van der Waals surface area contributed by atoms with Crippen molar-refractivity contribution < 1.29 is 9.53 Å². The molecule has 1 atom stereocenters. The Labute approximate surface area is 172 Å². The standard InChI is InChI=1S/C22H31N5O2/c1-4-16(3)23-21-25-19(17-9-7-6-8-10-17)15-20(26-21)24-18-11-13-27(14-12-18)22(28)29-5-2/h6-10,15-16,18H,4-5,11-14H2,1-3H3,(H2,23,24,25,26). The Morgan fingerprint density at radius 1 is 1.21 bits per heavy atom. The SMILES string of the molecule is CCOC(=O)N1CCC(Nc2cc(-c3ccccc3)nc(NC(C)CC)n2)CC1. The highest BCUT2D eigenvalue weighted by molar-refractivity contribution is 5.68. The van der Waals surface area contributed by atoms with Gasteiger partial charge in [-0.25, -0.2) is 9.78 Å². The highest BCUT2D eigenvalue weighted by atomic mass is 16.6. The van der Waals surface area contributed by atoms with Crippen molar-refractivity contribution in [2.24, 2.45) is 0 Å². The predicted octanol–water partition coefficient (Wildman–Crippen LogP) is 4.39. The van der Waals surface area contributed by atoms with Crippen molar-refractivity contribution in [1.82, 2.24) is 14.9 Å². The van der Waals surface area contributed by atoms with Crippen LogP contribution in [0.1, 0.15) is 40.0 Å². The highest BCUT2D eigenvalue weighted by Crippen LogP contribution is 2.24. The number of piperidine rings is 1. The second-order valence-corrected chi connectivity index (χ2v) is 7.39. The predicted molar refractivity (Wildman–Crippen MR) is 116 cm³/mol. The number of likely N-dealkylation sites (tertiary alicyclic amines) is 1. The van der Waals surface area contributed by atoms with Crippen LogP contribution in [0, 0.1) is 0 Å². The first-order valence-corrected chi connectivity index (χ1v) is 10.5. The Bertz CT molecular complexity index is 791. The van der Waals surface area contributed by atoms with Gasteiger partial charge in [-0.05, 0) is 33.1 Å². The molecule has 2 heterocycles. The normalized spacial score (nSPS) is 15.6. The zero-order chi connectivity index (χ0) is 20.6. The monoisotopic (exact) mass is 397 g/mol. The third-order valence-corrected chi connectivity index (χ3v) is 5.16. The van der Waals surface area contributed by atoms with Gasteiger partial charge < -0.3 is 20.3 Å². The number of hydrogen-bond acceptors (Lipinski definition) is 6. The van der Waals surface area contributed by atoms with Crippen molar-refractivity contribution in [3.05, 3.63) is 36.4 Å². The molecular weight excluding hydrogens is 366 g/mol. The first-order chi connectivity index (χ1) is 14.1. The summed E-state index contributed by atoms with van der Waals surface area (Å²) in [6.07, 6.45) is 2.49. The Morgan fingerprint density at radius 2 is 1.93 bits per heavy atom. The van der Waals surface area contributed by atoms with Crippen LogP contribution in [0.3, 0.4) is 0 Å². The number of amides is 1. The van der Waals surface area contributed by atoms with E-state index in [0.717, 1.165) is 36.3 Å². The fourth-order valence-corrected chi connectivity index (χ4v) is 3.30. The number of nitrogens with zero attached hydrogens (tertiary/aromatic N) is 3. The van der Waals surface area contributed by atoms with Gasteiger partial charge >= 0.3 is 6.09 Å². The Morgan fingerprint density at radius 3 is 2.59 bits per heavy atom. The van der Waals surface area contributed by atoms with E-state index in [-0.39, 0.29) is 12.1 Å². The Kier molecular flexibility index (Phi) is 7.27. The van der Waals surface area contributed by atoms with E-state index in [2.05, 4.69) is 41.6 Å². The van der Waals surface area contributed by atoms with Crippen LogP contribution in [0.15, 0.2) is 36.4 Å². The smallest absolute Gasteiger partial charge is 0.409 e. The fourth-order valence-electron chi connectivity index (χ4n) is 3.30. The summed E-state index contributed by atoms with van der Waals surface area (Å²) in [5, 5.41) is 6.93. The van der Waals surface area contributed by atoms with Gasteiger partial charge in [-0.2, -0.15) is 4.98 Å². The summed E-state index contributed by atoms with van der Waals surface area (Å²) < 4.78 is 5.10. The fraction of sp³-hybridized carbons (Fsp3) is 0.500. The maximum Gasteiger partial charge on any atom is 0.409 e. The van der Waals surface area contributed by atoms with E-state index in [1.54, 1.807) is 4.90 Å². The first kappa shape index (κ1) is 20.9. The average Bonchev–Trinajstić information content (AvgIpc) is 2.75. The van der Waals surface area contributed by atoms with Crippen LogP contribution in [0.5, 0.6) is 0 Å². The van der Waals surface area contributed by atoms with Crippen molar-refractivity contribution >= 4 is 17.9 Å². The maximum atomic E-state index is 11.9. The number of benzene rings is 1. The van der Waals surface area contributed by atoms with Crippen LogP contribution in [-0.2, 0) is 4.74 Å². The van der Waals surface area contributed by atoms with Crippen molar-refractivity contribution in [3.8, 4) is 11.3 Å². The summed E-state index contributed by atoms with van der Waals surface area (Å²) in [7, 11) is 0. The number of ether oxygens (including phenoxy) is 1. The minimum Gasteiger partial charge on any atom is -0.450 e. The van der Waals surface area contributed by atoms with E-state index in [1.165, 1.54) is 0 Å². The van der Waals surface area contributed by atoms with Crippen molar-refractivity contribution in [2.75, 3.05) is 30.3 Å². The van der Waals surface area contributed by atoms with Crippen molar-refractivity contribution in [2.45, 2.75) is 52.1 Å². The van der Waals surface area contributed by atoms with Crippen LogP contribution in [0.2, 0.25) is 0 Å². The van der Waals surface area contributed by atoms with Gasteiger partial charge in [0.15, 0.2) is 0 Å². The van der Waals surface area contributed by atoms with Gasteiger partial charge in [0.1, 0.15) is 5.82 Å². The second kappa shape index (κ2) is 10.1. The zero-order valence-corrected chi connectivity index (χ0v) is 17.5. The van der Waals surface area contributed by atoms with Gasteiger partial charge in [0, 0.05) is 36.8 Å². The molecule has 1 aliphatic heterocycles. The largest absolute Gasteiger partial charge is 0.450 e. The number of carbonyl (C=O) groups is 1. The van der Waals surface area contributed by atoms with E-state index >= 15 is 0 Å². The molecule has 7 heteroatoms. The minimum atomic E-state index is -0.223. The van der Waals surface area contributed by atoms with Crippen molar-refractivity contribution in [3.63, 3.8) is 0 Å². The molecule has 0 bridgehead atoms. The van der Waals surface area contributed by atoms with E-state index in [1.807, 2.05) is 31.2 Å². The van der Waals surface area contributed by atoms with Crippen LogP contribution in [0.25, 0.3) is 11.3 Å². The zero-order valence-electron chi connectivity index (χ0n) is 17.5. The van der Waals surface area contributed by atoms with Gasteiger partial charge in [0.05, 0.1) is 12.3 Å². The molecule has 7 nitrogen and oxygen atoms in total. The molecule has 2 aromatic rings. The number of anilines is 2. The summed E-state index contributed by atoms with van der Waals surface area (Å²) >= 11 is 0. The lowest BCUT2D eigenvalue weighted by Gasteiger charge is -2.32. The Balaban J connectivity index is 1.73. The molecule has 0 saturated carbocycles. The van der Waals surface area contributed by atoms with Gasteiger partial charge in [-0.3, -0.25) is 0 Å². The summed E-state index contributed by atoms with van der Waals surface area (Å²) in [6.45, 7) is 7.87. The topological polar surface area (TPSA) is 79.4 Å². The third kappa shape index (κ3) is 5.82. The second-order valence-electron chi connectivity index (χ2n) is 7.39. The molecule has 1 aromatic heterocycles. The third-order valence-electron chi connectivity index (χ3n) is 5.16. The first-order valence-electron chi connectivity index (χ1n) is 10.5. The molecule has 3 rings (SSSR count). The van der Waals surface area contributed by atoms with E-state index in [4.69, 9.17) is 9.72 Å². The van der Waals surface area contributed by atoms with Gasteiger partial charge in [0.25, 0.3) is 0 Å². The Hall–Kier alpha value is -2.83. The van der Waals surface area contributed by atoms with Crippen LogP contribution in [0.4, 0.5) is 16.6 Å². The van der Waals surface area contributed by atoms with Crippen LogP contribution in [-0.4, -0.2) is 52.7 Å². The summed E-state index contributed by atoms with van der Waals surface area (Å²) in [6, 6.07) is 12.7. The molecular formula is C22H31N5O2. The number of aromatic nitrogens is 2. The van der Waals surface area contributed by atoms with E-state index in [9.17, 15) is 4.79 Å². The quantitative estimate of drug-likeness (QED) is 0.721. The molecule has 2 N–H and O–H groups in total. The summed E-state index contributed by atoms with van der Waals surface area (Å²) in [5.74, 6) is 1.44. The molecule has 1 amide bonds. The molecule has 1 fully saturated rings. The number of rotatable bonds is 7. The number of nitrogens with one attached hydrogen (secondary N) is 2. The highest BCUT2D eigenvalue weighted by Gasteiger charge is 2.24. The summed E-state index contributed by atoms with van der Waals surface area (Å²) in [4.78, 5) is 23.1. The van der Waals surface area contributed by atoms with Gasteiger partial charge in [-0.1, -0.05) is 37.3 Å². The summed E-state index contributed by atoms with van der Waals surface area (Å²) in [5.41, 5.74) is 1.94. The molecule has 29 heavy (non-hydrogen) atoms. The average molecular weight is 398 g/mol. The molecule has 1 aliphatic rings. The van der Waals surface area contributed by atoms with Crippen LogP contribution < -0.4 is 10.6 Å². The molecule has 156 valence electrons. The maximum absolute atomic E-state index is 11.9. The number of hydrogen-bond donors (Lipinski definition) is 2. The van der Waals surface area contributed by atoms with Gasteiger partial charge in [0.2, 0.25) is 5.95 Å². The lowest BCUT2D eigenvalue weighted by atomic mass is 10.1. The van der Waals surface area contributed by atoms with Crippen molar-refractivity contribution in [1.29, 1.82) is 0 Å². The van der Waals surface area contributed by atoms with E-state index < -0.39 is 0 Å². The van der Waals surface area contributed by atoms with Crippen LogP contribution >= 0.6 is 0 Å². The number of carbonyl (C=O) groups excluding carboxylic acids is 1. The lowest BCUT2D eigenvalue weighted by Crippen LogP contribution is -2.42. The van der Waals surface area contributed by atoms with Gasteiger partial charge in [-0.15, -0.1) is 0 Å². The lowest BCUT2D eigenvalue weighted by molar-refractivity contribution is 0.0983. The molecule has 0 radical (unpaired) electrons.